The van der Waals surface area contributed by atoms with Crippen molar-refractivity contribution < 1.29 is 31.8 Å². The molecule has 2 unspecified atom stereocenters. The van der Waals surface area contributed by atoms with Crippen molar-refractivity contribution in [3.63, 3.8) is 0 Å². The maximum absolute atomic E-state index is 14.2. The predicted octanol–water partition coefficient (Wildman–Crippen LogP) is 6.65. The molecule has 1 amide bonds. The molecule has 3 aliphatic rings. The summed E-state index contributed by atoms with van der Waals surface area (Å²) < 4.78 is 64.6. The number of ether oxygens (including phenoxy) is 2. The Kier molecular flexibility index (Phi) is 5.79. The Bertz CT molecular complexity index is 1350. The van der Waals surface area contributed by atoms with Crippen LogP contribution in [0.25, 0.3) is 16.7 Å². The summed E-state index contributed by atoms with van der Waals surface area (Å²) in [4.78, 5) is 14.9. The van der Waals surface area contributed by atoms with Crippen LogP contribution in [0.4, 0.5) is 22.4 Å². The maximum Gasteiger partial charge on any atom is 0.419 e. The van der Waals surface area contributed by atoms with Gasteiger partial charge in [-0.1, -0.05) is 60.7 Å². The normalized spacial score (nSPS) is 20.8. The van der Waals surface area contributed by atoms with Crippen LogP contribution < -0.4 is 0 Å². The van der Waals surface area contributed by atoms with E-state index in [1.54, 1.807) is 11.0 Å². The van der Waals surface area contributed by atoms with Gasteiger partial charge >= 0.3 is 12.3 Å². The first kappa shape index (κ1) is 23.7. The minimum atomic E-state index is -4.76. The molecule has 6 rings (SSSR count). The first-order valence-corrected chi connectivity index (χ1v) is 12.1. The lowest BCUT2D eigenvalue weighted by atomic mass is 9.89. The van der Waals surface area contributed by atoms with Crippen LogP contribution in [-0.4, -0.2) is 42.9 Å². The first-order chi connectivity index (χ1) is 17.8. The number of morpholine rings is 1. The maximum atomic E-state index is 14.2. The molecule has 0 aromatic heterocycles. The number of benzene rings is 3. The van der Waals surface area contributed by atoms with E-state index < -0.39 is 29.7 Å². The van der Waals surface area contributed by atoms with E-state index in [4.69, 9.17) is 9.47 Å². The molecule has 4 nitrogen and oxygen atoms in total. The molecule has 8 heteroatoms. The minimum Gasteiger partial charge on any atom is -0.448 e. The highest BCUT2D eigenvalue weighted by atomic mass is 19.4. The van der Waals surface area contributed by atoms with Crippen LogP contribution >= 0.6 is 0 Å². The summed E-state index contributed by atoms with van der Waals surface area (Å²) in [5, 5.41) is 0. The number of rotatable bonds is 3. The molecule has 1 fully saturated rings. The van der Waals surface area contributed by atoms with Gasteiger partial charge in [0.05, 0.1) is 30.9 Å². The van der Waals surface area contributed by atoms with Crippen molar-refractivity contribution in [2.24, 2.45) is 0 Å². The fourth-order valence-electron chi connectivity index (χ4n) is 5.71. The molecule has 2 heterocycles. The number of hydrogen-bond acceptors (Lipinski definition) is 3. The Hall–Kier alpha value is -3.65. The van der Waals surface area contributed by atoms with E-state index in [0.29, 0.717) is 17.6 Å². The smallest absolute Gasteiger partial charge is 0.419 e. The summed E-state index contributed by atoms with van der Waals surface area (Å²) >= 11 is 0. The Morgan fingerprint density at radius 1 is 0.973 bits per heavy atom. The molecule has 37 heavy (non-hydrogen) atoms. The molecular formula is C29H23F4NO3. The lowest BCUT2D eigenvalue weighted by Gasteiger charge is -2.44. The van der Waals surface area contributed by atoms with Gasteiger partial charge in [-0.15, -0.1) is 0 Å². The zero-order chi connectivity index (χ0) is 25.7. The molecule has 1 saturated heterocycles. The summed E-state index contributed by atoms with van der Waals surface area (Å²) in [6.07, 6.45) is -3.13. The van der Waals surface area contributed by atoms with Crippen molar-refractivity contribution in [2.45, 2.75) is 30.6 Å². The van der Waals surface area contributed by atoms with Gasteiger partial charge in [-0.25, -0.2) is 9.18 Å². The Morgan fingerprint density at radius 3 is 2.27 bits per heavy atom. The third-order valence-corrected chi connectivity index (χ3v) is 7.39. The third kappa shape index (κ3) is 4.19. The van der Waals surface area contributed by atoms with Gasteiger partial charge in [-0.3, -0.25) is 4.90 Å². The van der Waals surface area contributed by atoms with Gasteiger partial charge in [-0.05, 0) is 51.9 Å². The molecule has 3 aromatic rings. The van der Waals surface area contributed by atoms with Crippen LogP contribution in [0, 0.1) is 5.82 Å². The van der Waals surface area contributed by atoms with Crippen LogP contribution in [0.5, 0.6) is 0 Å². The average molecular weight is 509 g/mol. The van der Waals surface area contributed by atoms with Crippen molar-refractivity contribution in [2.75, 3.05) is 19.8 Å². The lowest BCUT2D eigenvalue weighted by Crippen LogP contribution is -2.56. The Morgan fingerprint density at radius 2 is 1.65 bits per heavy atom. The Labute approximate surface area is 211 Å². The van der Waals surface area contributed by atoms with Gasteiger partial charge in [0.25, 0.3) is 0 Å². The summed E-state index contributed by atoms with van der Waals surface area (Å²) in [5.74, 6) is -1.38. The highest BCUT2D eigenvalue weighted by molar-refractivity contribution is 5.79. The van der Waals surface area contributed by atoms with E-state index >= 15 is 0 Å². The molecule has 0 radical (unpaired) electrons. The van der Waals surface area contributed by atoms with E-state index in [1.165, 1.54) is 6.07 Å². The molecule has 0 saturated carbocycles. The number of amides is 1. The van der Waals surface area contributed by atoms with Gasteiger partial charge in [-0.2, -0.15) is 13.2 Å². The van der Waals surface area contributed by atoms with Crippen molar-refractivity contribution >= 4 is 11.7 Å². The Balaban J connectivity index is 1.21. The topological polar surface area (TPSA) is 38.8 Å². The molecule has 2 aliphatic heterocycles. The largest absolute Gasteiger partial charge is 0.448 e. The first-order valence-electron chi connectivity index (χ1n) is 12.1. The quantitative estimate of drug-likeness (QED) is 0.371. The monoisotopic (exact) mass is 509 g/mol. The van der Waals surface area contributed by atoms with Gasteiger partial charge in [0.2, 0.25) is 0 Å². The average Bonchev–Trinajstić information content (AvgIpc) is 3.19. The number of carbonyl (C=O) groups is 1. The van der Waals surface area contributed by atoms with Gasteiger partial charge in [0.1, 0.15) is 12.4 Å². The summed E-state index contributed by atoms with van der Waals surface area (Å²) in [6, 6.07) is 18.3. The fourth-order valence-corrected chi connectivity index (χ4v) is 5.71. The van der Waals surface area contributed by atoms with Gasteiger partial charge < -0.3 is 9.47 Å². The number of fused-ring (bicyclic) bond motifs is 5. The zero-order valence-corrected chi connectivity index (χ0v) is 19.7. The van der Waals surface area contributed by atoms with Gasteiger partial charge in [0.15, 0.2) is 0 Å². The number of carbonyl (C=O) groups excluding carboxylic acids is 1. The van der Waals surface area contributed by atoms with Crippen LogP contribution in [-0.2, 0) is 15.7 Å². The highest BCUT2D eigenvalue weighted by Gasteiger charge is 2.40. The second-order valence-electron chi connectivity index (χ2n) is 9.56. The van der Waals surface area contributed by atoms with Crippen molar-refractivity contribution in [1.82, 2.24) is 4.90 Å². The minimum absolute atomic E-state index is 0.0709. The van der Waals surface area contributed by atoms with Crippen LogP contribution in [0.2, 0.25) is 0 Å². The molecule has 0 N–H and O–H groups in total. The number of alkyl halides is 3. The van der Waals surface area contributed by atoms with Crippen molar-refractivity contribution in [3.8, 4) is 11.1 Å². The van der Waals surface area contributed by atoms with Gasteiger partial charge in [0, 0.05) is 5.92 Å². The number of nitrogens with zero attached hydrogens (tertiary/aromatic N) is 1. The molecular weight excluding hydrogens is 486 g/mol. The van der Waals surface area contributed by atoms with E-state index in [0.717, 1.165) is 34.4 Å². The highest BCUT2D eigenvalue weighted by Crippen LogP contribution is 2.45. The third-order valence-electron chi connectivity index (χ3n) is 7.39. The molecule has 190 valence electrons. The van der Waals surface area contributed by atoms with Crippen LogP contribution in [0.3, 0.4) is 0 Å². The molecule has 3 aromatic carbocycles. The number of hydrogen-bond donors (Lipinski definition) is 0. The van der Waals surface area contributed by atoms with E-state index in [1.807, 2.05) is 24.3 Å². The summed E-state index contributed by atoms with van der Waals surface area (Å²) in [5.41, 5.74) is 4.27. The molecule has 0 spiro atoms. The number of halogens is 4. The molecule has 1 aliphatic carbocycles. The van der Waals surface area contributed by atoms with Crippen molar-refractivity contribution in [1.29, 1.82) is 0 Å². The molecule has 2 atom stereocenters. The zero-order valence-electron chi connectivity index (χ0n) is 19.7. The van der Waals surface area contributed by atoms with E-state index in [-0.39, 0.29) is 31.8 Å². The molecule has 2 bridgehead atoms. The van der Waals surface area contributed by atoms with E-state index in [2.05, 4.69) is 24.3 Å². The summed E-state index contributed by atoms with van der Waals surface area (Å²) in [7, 11) is 0. The van der Waals surface area contributed by atoms with Crippen molar-refractivity contribution in [3.05, 3.63) is 101 Å². The summed E-state index contributed by atoms with van der Waals surface area (Å²) in [6.45, 7) is 0.679. The fraction of sp³-hybridized carbons (Fsp3) is 0.276. The van der Waals surface area contributed by atoms with Crippen LogP contribution in [0.1, 0.15) is 34.6 Å². The second kappa shape index (κ2) is 9.03. The SMILES string of the molecule is O=C(OCC1c2ccccc2-c2ccccc21)N1C2C=C(c3ccc(C(F)(F)F)c(F)c3)CC1COC2. The van der Waals surface area contributed by atoms with E-state index in [9.17, 15) is 22.4 Å². The van der Waals surface area contributed by atoms with Crippen LogP contribution in [0.15, 0.2) is 72.8 Å². The second-order valence-corrected chi connectivity index (χ2v) is 9.56. The predicted molar refractivity (Wildman–Crippen MR) is 129 cm³/mol. The standard InChI is InChI=1S/C29H23F4NO3/c30-27-13-17(9-10-26(27)29(31,32)33)18-11-19-14-36-15-20(12-18)34(19)28(35)37-16-25-23-7-3-1-5-21(23)22-6-2-4-8-24(22)25/h1-11,13,19-20,25H,12,14-16H2. The lowest BCUT2D eigenvalue weighted by molar-refractivity contribution is -0.140.